The monoisotopic (exact) mass is 110 g/mol. The molecule has 0 aromatic rings. The third-order valence-corrected chi connectivity index (χ3v) is 0.702. The van der Waals surface area contributed by atoms with E-state index in [4.69, 9.17) is 5.73 Å². The lowest BCUT2D eigenvalue weighted by Gasteiger charge is -1.88. The molecule has 2 heteroatoms. The predicted molar refractivity (Wildman–Crippen MR) is 36.9 cm³/mol. The van der Waals surface area contributed by atoms with Gasteiger partial charge in [0.05, 0.1) is 5.71 Å². The molecule has 0 aromatic carbocycles. The van der Waals surface area contributed by atoms with E-state index < -0.39 is 0 Å². The lowest BCUT2D eigenvalue weighted by Crippen LogP contribution is -2.09. The standard InChI is InChI=1S/C6H10N2/c1-3-6(5-7)8-4-2/h3-4H,1-2,5,7H2/b8-6+. The Balaban J connectivity index is 3.84. The SMILES string of the molecule is C=C/N=C(\C=C)CN. The first-order valence-electron chi connectivity index (χ1n) is 2.35. The summed E-state index contributed by atoms with van der Waals surface area (Å²) >= 11 is 0. The molecule has 0 saturated heterocycles. The van der Waals surface area contributed by atoms with E-state index in [1.54, 1.807) is 6.08 Å². The van der Waals surface area contributed by atoms with Crippen molar-refractivity contribution >= 4 is 5.71 Å². The Morgan fingerprint density at radius 1 is 1.62 bits per heavy atom. The molecule has 44 valence electrons. The molecular formula is C6H10N2. The minimum atomic E-state index is 0.426. The second-order valence-electron chi connectivity index (χ2n) is 1.21. The molecule has 0 fully saturated rings. The van der Waals surface area contributed by atoms with Crippen molar-refractivity contribution in [1.29, 1.82) is 0 Å². The van der Waals surface area contributed by atoms with Gasteiger partial charge in [0.2, 0.25) is 0 Å². The highest BCUT2D eigenvalue weighted by molar-refractivity contribution is 5.96. The Morgan fingerprint density at radius 3 is 2.38 bits per heavy atom. The summed E-state index contributed by atoms with van der Waals surface area (Å²) in [6, 6.07) is 0. The van der Waals surface area contributed by atoms with E-state index >= 15 is 0 Å². The summed E-state index contributed by atoms with van der Waals surface area (Å²) in [6.45, 7) is 7.32. The van der Waals surface area contributed by atoms with Crippen molar-refractivity contribution in [3.05, 3.63) is 25.4 Å². The maximum Gasteiger partial charge on any atom is 0.0533 e. The van der Waals surface area contributed by atoms with Crippen molar-refractivity contribution in [2.45, 2.75) is 0 Å². The Kier molecular flexibility index (Phi) is 3.80. The molecule has 0 unspecified atom stereocenters. The van der Waals surface area contributed by atoms with E-state index in [-0.39, 0.29) is 0 Å². The minimum Gasteiger partial charge on any atom is -0.325 e. The quantitative estimate of drug-likeness (QED) is 0.534. The maximum absolute atomic E-state index is 5.22. The third kappa shape index (κ3) is 2.31. The van der Waals surface area contributed by atoms with Crippen LogP contribution < -0.4 is 5.73 Å². The van der Waals surface area contributed by atoms with Gasteiger partial charge in [0.15, 0.2) is 0 Å². The van der Waals surface area contributed by atoms with Gasteiger partial charge in [0.1, 0.15) is 0 Å². The van der Waals surface area contributed by atoms with Gasteiger partial charge in [-0.05, 0) is 6.08 Å². The van der Waals surface area contributed by atoms with Crippen LogP contribution >= 0.6 is 0 Å². The largest absolute Gasteiger partial charge is 0.325 e. The summed E-state index contributed by atoms with van der Waals surface area (Å²) in [6.07, 6.45) is 3.06. The fraction of sp³-hybridized carbons (Fsp3) is 0.167. The number of nitrogens with two attached hydrogens (primary N) is 1. The van der Waals surface area contributed by atoms with E-state index in [1.807, 2.05) is 0 Å². The Labute approximate surface area is 49.4 Å². The van der Waals surface area contributed by atoms with E-state index in [0.29, 0.717) is 6.54 Å². The van der Waals surface area contributed by atoms with E-state index in [0.717, 1.165) is 5.71 Å². The highest BCUT2D eigenvalue weighted by Crippen LogP contribution is 1.76. The molecule has 0 saturated carbocycles. The molecule has 2 nitrogen and oxygen atoms in total. The summed E-state index contributed by atoms with van der Waals surface area (Å²) in [5, 5.41) is 0. The molecule has 0 rings (SSSR count). The predicted octanol–water partition coefficient (Wildman–Crippen LogP) is 0.716. The van der Waals surface area contributed by atoms with Gasteiger partial charge in [-0.25, -0.2) is 0 Å². The van der Waals surface area contributed by atoms with Crippen LogP contribution in [-0.4, -0.2) is 12.3 Å². The lowest BCUT2D eigenvalue weighted by molar-refractivity contribution is 1.30. The van der Waals surface area contributed by atoms with Crippen LogP contribution in [0.25, 0.3) is 0 Å². The minimum absolute atomic E-state index is 0.426. The van der Waals surface area contributed by atoms with Crippen LogP contribution in [0.15, 0.2) is 30.4 Å². The van der Waals surface area contributed by atoms with Gasteiger partial charge in [-0.2, -0.15) is 0 Å². The highest BCUT2D eigenvalue weighted by Gasteiger charge is 1.81. The smallest absolute Gasteiger partial charge is 0.0533 e. The molecule has 0 bridgehead atoms. The molecule has 2 N–H and O–H groups in total. The summed E-state index contributed by atoms with van der Waals surface area (Å²) in [5.41, 5.74) is 5.98. The van der Waals surface area contributed by atoms with Crippen LogP contribution in [0.2, 0.25) is 0 Å². The molecule has 0 amide bonds. The molecule has 0 atom stereocenters. The summed E-state index contributed by atoms with van der Waals surface area (Å²) in [7, 11) is 0. The second kappa shape index (κ2) is 4.27. The molecule has 0 aliphatic rings. The second-order valence-corrected chi connectivity index (χ2v) is 1.21. The van der Waals surface area contributed by atoms with Gasteiger partial charge in [0, 0.05) is 12.7 Å². The molecule has 0 radical (unpaired) electrons. The number of hydrogen-bond acceptors (Lipinski definition) is 2. The zero-order valence-corrected chi connectivity index (χ0v) is 4.80. The normalized spacial score (nSPS) is 10.9. The maximum atomic E-state index is 5.22. The molecule has 8 heavy (non-hydrogen) atoms. The van der Waals surface area contributed by atoms with Crippen LogP contribution in [0.5, 0.6) is 0 Å². The summed E-state index contributed by atoms with van der Waals surface area (Å²) < 4.78 is 0. The fourth-order valence-electron chi connectivity index (χ4n) is 0.306. The Hall–Kier alpha value is -0.890. The first kappa shape index (κ1) is 7.11. The van der Waals surface area contributed by atoms with E-state index in [1.165, 1.54) is 6.20 Å². The summed E-state index contributed by atoms with van der Waals surface area (Å²) in [4.78, 5) is 3.80. The molecule has 0 aliphatic carbocycles. The first-order valence-corrected chi connectivity index (χ1v) is 2.35. The number of hydrogen-bond donors (Lipinski definition) is 1. The van der Waals surface area contributed by atoms with Crippen molar-refractivity contribution in [1.82, 2.24) is 0 Å². The lowest BCUT2D eigenvalue weighted by atomic mass is 10.4. The fourth-order valence-corrected chi connectivity index (χ4v) is 0.306. The van der Waals surface area contributed by atoms with Gasteiger partial charge in [-0.1, -0.05) is 13.2 Å². The average molecular weight is 110 g/mol. The van der Waals surface area contributed by atoms with Crippen LogP contribution in [0.3, 0.4) is 0 Å². The van der Waals surface area contributed by atoms with Gasteiger partial charge in [0.25, 0.3) is 0 Å². The average Bonchev–Trinajstić information content (AvgIpc) is 1.83. The first-order chi connectivity index (χ1) is 3.85. The van der Waals surface area contributed by atoms with Crippen molar-refractivity contribution < 1.29 is 0 Å². The van der Waals surface area contributed by atoms with E-state index in [2.05, 4.69) is 18.2 Å². The molecule has 0 heterocycles. The van der Waals surface area contributed by atoms with Crippen LogP contribution in [0.4, 0.5) is 0 Å². The summed E-state index contributed by atoms with van der Waals surface area (Å²) in [5.74, 6) is 0. The van der Waals surface area contributed by atoms with Crippen molar-refractivity contribution in [3.8, 4) is 0 Å². The van der Waals surface area contributed by atoms with Gasteiger partial charge in [-0.15, -0.1) is 0 Å². The zero-order chi connectivity index (χ0) is 6.41. The number of nitrogens with zero attached hydrogens (tertiary/aromatic N) is 1. The third-order valence-electron chi connectivity index (χ3n) is 0.702. The van der Waals surface area contributed by atoms with Gasteiger partial charge in [-0.3, -0.25) is 4.99 Å². The Morgan fingerprint density at radius 2 is 2.25 bits per heavy atom. The van der Waals surface area contributed by atoms with Crippen molar-refractivity contribution in [3.63, 3.8) is 0 Å². The highest BCUT2D eigenvalue weighted by atomic mass is 14.7. The van der Waals surface area contributed by atoms with Crippen molar-refractivity contribution in [2.24, 2.45) is 10.7 Å². The van der Waals surface area contributed by atoms with Gasteiger partial charge < -0.3 is 5.73 Å². The topological polar surface area (TPSA) is 38.4 Å². The molecule has 0 aliphatic heterocycles. The van der Waals surface area contributed by atoms with Crippen LogP contribution in [0, 0.1) is 0 Å². The number of rotatable bonds is 3. The van der Waals surface area contributed by atoms with Gasteiger partial charge >= 0.3 is 0 Å². The van der Waals surface area contributed by atoms with Crippen molar-refractivity contribution in [2.75, 3.05) is 6.54 Å². The molecular weight excluding hydrogens is 100 g/mol. The Bertz CT molecular complexity index is 114. The van der Waals surface area contributed by atoms with Crippen LogP contribution in [-0.2, 0) is 0 Å². The van der Waals surface area contributed by atoms with E-state index in [9.17, 15) is 0 Å². The number of aliphatic imine (C=N–C) groups is 1. The molecule has 0 spiro atoms. The zero-order valence-electron chi connectivity index (χ0n) is 4.80. The molecule has 0 aromatic heterocycles. The van der Waals surface area contributed by atoms with Crippen LogP contribution in [0.1, 0.15) is 0 Å².